The van der Waals surface area contributed by atoms with Crippen LogP contribution in [0.1, 0.15) is 41.6 Å². The Morgan fingerprint density at radius 2 is 2.03 bits per heavy atom. The monoisotopic (exact) mass is 527 g/mol. The molecular formula is C22H34IN5S. The van der Waals surface area contributed by atoms with Gasteiger partial charge >= 0.3 is 0 Å². The van der Waals surface area contributed by atoms with Crippen molar-refractivity contribution in [1.82, 2.24) is 20.5 Å². The minimum Gasteiger partial charge on any atom is -0.357 e. The van der Waals surface area contributed by atoms with Gasteiger partial charge in [0.1, 0.15) is 0 Å². The summed E-state index contributed by atoms with van der Waals surface area (Å²) in [6, 6.07) is 8.56. The summed E-state index contributed by atoms with van der Waals surface area (Å²) in [7, 11) is 0. The number of piperidine rings is 1. The molecule has 2 aromatic rings. The van der Waals surface area contributed by atoms with Gasteiger partial charge in [-0.25, -0.2) is 9.98 Å². The van der Waals surface area contributed by atoms with E-state index in [0.29, 0.717) is 12.5 Å². The maximum Gasteiger partial charge on any atom is 0.191 e. The first-order valence-electron chi connectivity index (χ1n) is 10.3. The number of hydrogen-bond acceptors (Lipinski definition) is 4. The lowest BCUT2D eigenvalue weighted by atomic mass is 9.97. The summed E-state index contributed by atoms with van der Waals surface area (Å²) in [4.78, 5) is 11.9. The molecule has 0 saturated carbocycles. The van der Waals surface area contributed by atoms with Gasteiger partial charge in [-0.2, -0.15) is 0 Å². The van der Waals surface area contributed by atoms with Gasteiger partial charge in [0.05, 0.1) is 17.2 Å². The molecule has 29 heavy (non-hydrogen) atoms. The summed E-state index contributed by atoms with van der Waals surface area (Å²) >= 11 is 1.75. The van der Waals surface area contributed by atoms with Crippen LogP contribution in [0.4, 0.5) is 0 Å². The van der Waals surface area contributed by atoms with Gasteiger partial charge in [0.15, 0.2) is 5.96 Å². The molecule has 0 atom stereocenters. The van der Waals surface area contributed by atoms with Gasteiger partial charge in [-0.3, -0.25) is 4.90 Å². The van der Waals surface area contributed by atoms with Crippen LogP contribution in [-0.4, -0.2) is 42.0 Å². The van der Waals surface area contributed by atoms with E-state index in [4.69, 9.17) is 4.99 Å². The molecule has 1 aliphatic heterocycles. The fraction of sp³-hybridized carbons (Fsp3) is 0.545. The highest BCUT2D eigenvalue weighted by atomic mass is 127. The number of aryl methyl sites for hydroxylation is 2. The lowest BCUT2D eigenvalue weighted by Crippen LogP contribution is -2.42. The minimum atomic E-state index is 0. The van der Waals surface area contributed by atoms with E-state index in [1.54, 1.807) is 11.3 Å². The lowest BCUT2D eigenvalue weighted by Gasteiger charge is -2.31. The van der Waals surface area contributed by atoms with Crippen LogP contribution in [0, 0.1) is 19.8 Å². The predicted octanol–water partition coefficient (Wildman–Crippen LogP) is 4.35. The average molecular weight is 528 g/mol. The molecule has 1 aromatic carbocycles. The predicted molar refractivity (Wildman–Crippen MR) is 134 cm³/mol. The first-order valence-corrected chi connectivity index (χ1v) is 11.2. The number of halogens is 1. The van der Waals surface area contributed by atoms with Crippen molar-refractivity contribution in [3.05, 3.63) is 51.5 Å². The van der Waals surface area contributed by atoms with Crippen LogP contribution in [-0.2, 0) is 13.1 Å². The smallest absolute Gasteiger partial charge is 0.191 e. The molecule has 1 fully saturated rings. The Bertz CT molecular complexity index is 768. The van der Waals surface area contributed by atoms with Crippen molar-refractivity contribution in [3.63, 3.8) is 0 Å². The molecule has 0 amide bonds. The number of nitrogens with one attached hydrogen (secondary N) is 2. The third-order valence-electron chi connectivity index (χ3n) is 5.16. The fourth-order valence-corrected chi connectivity index (χ4v) is 4.23. The zero-order chi connectivity index (χ0) is 19.8. The molecule has 3 rings (SSSR count). The molecule has 7 heteroatoms. The summed E-state index contributed by atoms with van der Waals surface area (Å²) in [5.41, 5.74) is 3.75. The standard InChI is InChI=1S/C22H33N5S.HI/c1-4-23-22(25-14-20-7-5-6-17(2)12-20)24-13-19-8-10-27(11-9-19)15-21-16-28-18(3)26-21;/h5-7,12,16,19H,4,8-11,13-15H2,1-3H3,(H2,23,24,25);1H. The number of hydrogen-bond donors (Lipinski definition) is 2. The average Bonchev–Trinajstić information content (AvgIpc) is 3.10. The van der Waals surface area contributed by atoms with Crippen molar-refractivity contribution in [3.8, 4) is 0 Å². The van der Waals surface area contributed by atoms with E-state index in [-0.39, 0.29) is 24.0 Å². The highest BCUT2D eigenvalue weighted by Gasteiger charge is 2.20. The first kappa shape index (κ1) is 24.1. The third-order valence-corrected chi connectivity index (χ3v) is 5.99. The van der Waals surface area contributed by atoms with E-state index in [0.717, 1.165) is 43.7 Å². The zero-order valence-electron chi connectivity index (χ0n) is 17.8. The number of thiazole rings is 1. The molecule has 160 valence electrons. The number of nitrogens with zero attached hydrogens (tertiary/aromatic N) is 3. The zero-order valence-corrected chi connectivity index (χ0v) is 20.9. The van der Waals surface area contributed by atoms with Gasteiger partial charge < -0.3 is 10.6 Å². The van der Waals surface area contributed by atoms with E-state index >= 15 is 0 Å². The summed E-state index contributed by atoms with van der Waals surface area (Å²) in [5.74, 6) is 1.63. The minimum absolute atomic E-state index is 0. The summed E-state index contributed by atoms with van der Waals surface area (Å²) in [6.45, 7) is 12.2. The maximum absolute atomic E-state index is 4.76. The van der Waals surface area contributed by atoms with Crippen LogP contribution in [0.2, 0.25) is 0 Å². The number of likely N-dealkylation sites (tertiary alicyclic amines) is 1. The van der Waals surface area contributed by atoms with Crippen LogP contribution >= 0.6 is 35.3 Å². The number of benzene rings is 1. The van der Waals surface area contributed by atoms with E-state index in [9.17, 15) is 0 Å². The number of rotatable bonds is 7. The number of aromatic nitrogens is 1. The Morgan fingerprint density at radius 3 is 2.69 bits per heavy atom. The Hall–Kier alpha value is -1.19. The lowest BCUT2D eigenvalue weighted by molar-refractivity contribution is 0.176. The SMILES string of the molecule is CCNC(=NCc1cccc(C)c1)NCC1CCN(Cc2csc(C)n2)CC1.I. The number of guanidine groups is 1. The first-order chi connectivity index (χ1) is 13.6. The third kappa shape index (κ3) is 8.22. The van der Waals surface area contributed by atoms with Gasteiger partial charge in [-0.05, 0) is 58.2 Å². The molecule has 0 radical (unpaired) electrons. The van der Waals surface area contributed by atoms with E-state index in [1.807, 2.05) is 0 Å². The van der Waals surface area contributed by atoms with E-state index in [1.165, 1.54) is 29.7 Å². The second-order valence-electron chi connectivity index (χ2n) is 7.64. The molecule has 1 aliphatic rings. The molecule has 0 aliphatic carbocycles. The fourth-order valence-electron chi connectivity index (χ4n) is 3.62. The molecular weight excluding hydrogens is 493 g/mol. The van der Waals surface area contributed by atoms with Crippen LogP contribution in [0.3, 0.4) is 0 Å². The highest BCUT2D eigenvalue weighted by molar-refractivity contribution is 14.0. The molecule has 5 nitrogen and oxygen atoms in total. The number of aliphatic imine (C=N–C) groups is 1. The van der Waals surface area contributed by atoms with Crippen molar-refractivity contribution in [2.24, 2.45) is 10.9 Å². The molecule has 1 aromatic heterocycles. The maximum atomic E-state index is 4.76. The van der Waals surface area contributed by atoms with Gasteiger partial charge in [0, 0.05) is 25.0 Å². The van der Waals surface area contributed by atoms with Crippen molar-refractivity contribution in [2.45, 2.75) is 46.7 Å². The van der Waals surface area contributed by atoms with Gasteiger partial charge in [-0.1, -0.05) is 29.8 Å². The summed E-state index contributed by atoms with van der Waals surface area (Å²) < 4.78 is 0. The Kier molecular flexibility index (Phi) is 10.4. The van der Waals surface area contributed by atoms with Crippen LogP contribution < -0.4 is 10.6 Å². The molecule has 0 spiro atoms. The second-order valence-corrected chi connectivity index (χ2v) is 8.70. The Labute approximate surface area is 196 Å². The normalized spacial score (nSPS) is 15.8. The van der Waals surface area contributed by atoms with Crippen molar-refractivity contribution >= 4 is 41.3 Å². The van der Waals surface area contributed by atoms with Gasteiger partial charge in [0.25, 0.3) is 0 Å². The van der Waals surface area contributed by atoms with Crippen LogP contribution in [0.5, 0.6) is 0 Å². The molecule has 0 unspecified atom stereocenters. The van der Waals surface area contributed by atoms with Crippen LogP contribution in [0.25, 0.3) is 0 Å². The van der Waals surface area contributed by atoms with Crippen molar-refractivity contribution in [2.75, 3.05) is 26.2 Å². The largest absolute Gasteiger partial charge is 0.357 e. The molecule has 1 saturated heterocycles. The Morgan fingerprint density at radius 1 is 1.24 bits per heavy atom. The van der Waals surface area contributed by atoms with E-state index in [2.05, 4.69) is 70.9 Å². The molecule has 0 bridgehead atoms. The van der Waals surface area contributed by atoms with E-state index < -0.39 is 0 Å². The molecule has 2 heterocycles. The van der Waals surface area contributed by atoms with Gasteiger partial charge in [-0.15, -0.1) is 35.3 Å². The topological polar surface area (TPSA) is 52.6 Å². The van der Waals surface area contributed by atoms with Crippen LogP contribution in [0.15, 0.2) is 34.6 Å². The molecule has 2 N–H and O–H groups in total. The summed E-state index contributed by atoms with van der Waals surface area (Å²) in [5, 5.41) is 10.3. The summed E-state index contributed by atoms with van der Waals surface area (Å²) in [6.07, 6.45) is 2.46. The van der Waals surface area contributed by atoms with Crippen molar-refractivity contribution in [1.29, 1.82) is 0 Å². The Balaban J connectivity index is 0.00000300. The second kappa shape index (κ2) is 12.5. The van der Waals surface area contributed by atoms with Crippen molar-refractivity contribution < 1.29 is 0 Å². The quantitative estimate of drug-likeness (QED) is 0.320. The highest BCUT2D eigenvalue weighted by Crippen LogP contribution is 2.19. The van der Waals surface area contributed by atoms with Gasteiger partial charge in [0.2, 0.25) is 0 Å².